The molecule has 0 unspecified atom stereocenters. The summed E-state index contributed by atoms with van der Waals surface area (Å²) >= 11 is 0. The number of fused-ring (bicyclic) bond motifs is 1. The third-order valence-electron chi connectivity index (χ3n) is 3.98. The van der Waals surface area contributed by atoms with Gasteiger partial charge >= 0.3 is 0 Å². The Morgan fingerprint density at radius 2 is 2.40 bits per heavy atom. The first kappa shape index (κ1) is 13.5. The van der Waals surface area contributed by atoms with Crippen LogP contribution >= 0.6 is 0 Å². The molecule has 3 heterocycles. The van der Waals surface area contributed by atoms with Crippen molar-refractivity contribution in [3.63, 3.8) is 0 Å². The van der Waals surface area contributed by atoms with Crippen LogP contribution in [0.25, 0.3) is 0 Å². The van der Waals surface area contributed by atoms with E-state index in [0.29, 0.717) is 12.6 Å². The van der Waals surface area contributed by atoms with Crippen molar-refractivity contribution < 1.29 is 9.47 Å². The van der Waals surface area contributed by atoms with E-state index in [1.807, 2.05) is 19.1 Å². The van der Waals surface area contributed by atoms with E-state index in [-0.39, 0.29) is 12.2 Å². The fraction of sp³-hybridized carbons (Fsp3) is 0.600. The highest BCUT2D eigenvalue weighted by Crippen LogP contribution is 2.33. The molecule has 2 aliphatic rings. The van der Waals surface area contributed by atoms with Crippen LogP contribution in [-0.4, -0.2) is 48.2 Å². The van der Waals surface area contributed by atoms with E-state index in [1.54, 1.807) is 6.08 Å². The molecule has 0 bridgehead atoms. The van der Waals surface area contributed by atoms with Crippen LogP contribution in [0.2, 0.25) is 0 Å². The predicted octanol–water partition coefficient (Wildman–Crippen LogP) is 1.72. The summed E-state index contributed by atoms with van der Waals surface area (Å²) in [6.07, 6.45) is 4.21. The number of anilines is 1. The van der Waals surface area contributed by atoms with Gasteiger partial charge in [0, 0.05) is 13.2 Å². The van der Waals surface area contributed by atoms with Gasteiger partial charge in [-0.05, 0) is 31.9 Å². The lowest BCUT2D eigenvalue weighted by Gasteiger charge is -2.32. The highest BCUT2D eigenvalue weighted by molar-refractivity contribution is 5.42. The van der Waals surface area contributed by atoms with Crippen LogP contribution in [0.1, 0.15) is 18.5 Å². The zero-order chi connectivity index (χ0) is 13.9. The molecule has 0 radical (unpaired) electrons. The minimum atomic E-state index is 0.0846. The van der Waals surface area contributed by atoms with Crippen molar-refractivity contribution >= 4 is 5.82 Å². The molecular weight excluding hydrogens is 254 g/mol. The SMILES string of the molecule is C=CCO[C@H]1CN(c2ccc(C)nn2)[C@@H]2CCCO[C@H]12. The standard InChI is InChI=1S/C15H21N3O2/c1-3-8-19-13-10-18(12-5-4-9-20-15(12)13)14-7-6-11(2)16-17-14/h3,6-7,12-13,15H,1,4-5,8-10H2,2H3/t12-,13+,15+/m1/s1. The smallest absolute Gasteiger partial charge is 0.151 e. The van der Waals surface area contributed by atoms with Gasteiger partial charge in [0.05, 0.1) is 18.3 Å². The summed E-state index contributed by atoms with van der Waals surface area (Å²) in [5.41, 5.74) is 0.934. The Labute approximate surface area is 119 Å². The number of aromatic nitrogens is 2. The van der Waals surface area contributed by atoms with Crippen molar-refractivity contribution in [2.24, 2.45) is 0 Å². The first-order valence-corrected chi connectivity index (χ1v) is 7.20. The summed E-state index contributed by atoms with van der Waals surface area (Å²) in [4.78, 5) is 2.28. The van der Waals surface area contributed by atoms with Crippen LogP contribution in [0.15, 0.2) is 24.8 Å². The number of rotatable bonds is 4. The van der Waals surface area contributed by atoms with Crippen LogP contribution in [0.5, 0.6) is 0 Å². The molecule has 1 aromatic rings. The predicted molar refractivity (Wildman–Crippen MR) is 76.8 cm³/mol. The minimum absolute atomic E-state index is 0.0846. The fourth-order valence-electron chi connectivity index (χ4n) is 3.06. The van der Waals surface area contributed by atoms with Crippen LogP contribution in [-0.2, 0) is 9.47 Å². The van der Waals surface area contributed by atoms with Crippen molar-refractivity contribution in [3.05, 3.63) is 30.5 Å². The van der Waals surface area contributed by atoms with Gasteiger partial charge in [0.2, 0.25) is 0 Å². The molecule has 5 nitrogen and oxygen atoms in total. The molecular formula is C15H21N3O2. The summed E-state index contributed by atoms with van der Waals surface area (Å²) in [5, 5.41) is 8.47. The van der Waals surface area contributed by atoms with Crippen molar-refractivity contribution in [1.82, 2.24) is 10.2 Å². The fourth-order valence-corrected chi connectivity index (χ4v) is 3.06. The number of hydrogen-bond donors (Lipinski definition) is 0. The van der Waals surface area contributed by atoms with Crippen LogP contribution in [0.3, 0.4) is 0 Å². The highest BCUT2D eigenvalue weighted by atomic mass is 16.5. The lowest BCUT2D eigenvalue weighted by atomic mass is 10.0. The van der Waals surface area contributed by atoms with E-state index in [1.165, 1.54) is 0 Å². The zero-order valence-electron chi connectivity index (χ0n) is 11.9. The Bertz CT molecular complexity index is 463. The second-order valence-corrected chi connectivity index (χ2v) is 5.39. The topological polar surface area (TPSA) is 47.5 Å². The van der Waals surface area contributed by atoms with E-state index < -0.39 is 0 Å². The van der Waals surface area contributed by atoms with Crippen LogP contribution in [0.4, 0.5) is 5.82 Å². The van der Waals surface area contributed by atoms with Gasteiger partial charge < -0.3 is 14.4 Å². The Morgan fingerprint density at radius 1 is 1.50 bits per heavy atom. The molecule has 1 aromatic heterocycles. The molecule has 0 saturated carbocycles. The zero-order valence-corrected chi connectivity index (χ0v) is 11.9. The average molecular weight is 275 g/mol. The van der Waals surface area contributed by atoms with E-state index in [2.05, 4.69) is 21.7 Å². The summed E-state index contributed by atoms with van der Waals surface area (Å²) < 4.78 is 11.8. The lowest BCUT2D eigenvalue weighted by molar-refractivity contribution is -0.0671. The summed E-state index contributed by atoms with van der Waals surface area (Å²) in [7, 11) is 0. The minimum Gasteiger partial charge on any atom is -0.373 e. The molecule has 0 aliphatic carbocycles. The molecule has 0 aromatic carbocycles. The Balaban J connectivity index is 1.80. The number of aryl methyl sites for hydroxylation is 1. The Kier molecular flexibility index (Phi) is 3.98. The second kappa shape index (κ2) is 5.89. The first-order valence-electron chi connectivity index (χ1n) is 7.20. The third-order valence-corrected chi connectivity index (χ3v) is 3.98. The van der Waals surface area contributed by atoms with Crippen molar-refractivity contribution in [3.8, 4) is 0 Å². The molecule has 3 rings (SSSR count). The largest absolute Gasteiger partial charge is 0.373 e. The maximum absolute atomic E-state index is 5.94. The van der Waals surface area contributed by atoms with E-state index in [4.69, 9.17) is 9.47 Å². The van der Waals surface area contributed by atoms with Gasteiger partial charge in [0.25, 0.3) is 0 Å². The number of hydrogen-bond acceptors (Lipinski definition) is 5. The molecule has 2 aliphatic heterocycles. The van der Waals surface area contributed by atoms with Gasteiger partial charge in [-0.1, -0.05) is 6.08 Å². The van der Waals surface area contributed by atoms with Gasteiger partial charge in [0.1, 0.15) is 12.2 Å². The van der Waals surface area contributed by atoms with Crippen molar-refractivity contribution in [2.75, 3.05) is 24.7 Å². The second-order valence-electron chi connectivity index (χ2n) is 5.39. The van der Waals surface area contributed by atoms with Crippen LogP contribution < -0.4 is 4.90 Å². The molecule has 108 valence electrons. The normalized spacial score (nSPS) is 29.2. The quantitative estimate of drug-likeness (QED) is 0.783. The maximum atomic E-state index is 5.94. The Morgan fingerprint density at radius 3 is 3.15 bits per heavy atom. The summed E-state index contributed by atoms with van der Waals surface area (Å²) in [6.45, 7) is 7.85. The molecule has 3 atom stereocenters. The molecule has 20 heavy (non-hydrogen) atoms. The number of nitrogens with zero attached hydrogens (tertiary/aromatic N) is 3. The third kappa shape index (κ3) is 2.55. The highest BCUT2D eigenvalue weighted by Gasteiger charge is 2.45. The molecule has 2 fully saturated rings. The lowest BCUT2D eigenvalue weighted by Crippen LogP contribution is -2.42. The van der Waals surface area contributed by atoms with Gasteiger partial charge in [-0.25, -0.2) is 0 Å². The molecule has 0 N–H and O–H groups in total. The first-order chi connectivity index (χ1) is 9.79. The molecule has 0 amide bonds. The monoisotopic (exact) mass is 275 g/mol. The molecule has 2 saturated heterocycles. The van der Waals surface area contributed by atoms with Crippen molar-refractivity contribution in [2.45, 2.75) is 38.0 Å². The van der Waals surface area contributed by atoms with Gasteiger partial charge in [0.15, 0.2) is 5.82 Å². The summed E-state index contributed by atoms with van der Waals surface area (Å²) in [6, 6.07) is 4.37. The van der Waals surface area contributed by atoms with Crippen LogP contribution in [0, 0.1) is 6.92 Å². The average Bonchev–Trinajstić information content (AvgIpc) is 2.85. The van der Waals surface area contributed by atoms with Gasteiger partial charge in [-0.3, -0.25) is 0 Å². The number of ether oxygens (including phenoxy) is 2. The van der Waals surface area contributed by atoms with Gasteiger partial charge in [-0.2, -0.15) is 5.10 Å². The molecule has 5 heteroatoms. The van der Waals surface area contributed by atoms with E-state index in [0.717, 1.165) is 37.5 Å². The van der Waals surface area contributed by atoms with Crippen molar-refractivity contribution in [1.29, 1.82) is 0 Å². The summed E-state index contributed by atoms with van der Waals surface area (Å²) in [5.74, 6) is 0.917. The van der Waals surface area contributed by atoms with E-state index >= 15 is 0 Å². The van der Waals surface area contributed by atoms with Gasteiger partial charge in [-0.15, -0.1) is 11.7 Å². The van der Waals surface area contributed by atoms with E-state index in [9.17, 15) is 0 Å². The Hall–Kier alpha value is -1.46. The maximum Gasteiger partial charge on any atom is 0.151 e. The molecule has 0 spiro atoms.